The number of hydrogen-bond acceptors (Lipinski definition) is 4. The third-order valence-corrected chi connectivity index (χ3v) is 3.33. The molecule has 2 rings (SSSR count). The summed E-state index contributed by atoms with van der Waals surface area (Å²) in [5.41, 5.74) is 1.38. The van der Waals surface area contributed by atoms with Crippen molar-refractivity contribution in [2.75, 3.05) is 11.9 Å². The summed E-state index contributed by atoms with van der Waals surface area (Å²) in [6.45, 7) is 1.49. The first-order chi connectivity index (χ1) is 11.5. The lowest BCUT2D eigenvalue weighted by molar-refractivity contribution is -0.0498. The molecule has 0 bridgehead atoms. The fourth-order valence-corrected chi connectivity index (χ4v) is 2.12. The number of ether oxygens (including phenoxy) is 1. The second-order valence-electron chi connectivity index (χ2n) is 5.11. The van der Waals surface area contributed by atoms with Gasteiger partial charge in [-0.1, -0.05) is 12.1 Å². The van der Waals surface area contributed by atoms with Crippen molar-refractivity contribution in [1.29, 1.82) is 0 Å². The normalized spacial score (nSPS) is 11.9. The number of carbonyl (C=O) groups excluding carboxylic acids is 1. The summed E-state index contributed by atoms with van der Waals surface area (Å²) in [7, 11) is 0. The third-order valence-electron chi connectivity index (χ3n) is 3.33. The van der Waals surface area contributed by atoms with Crippen LogP contribution in [0.2, 0.25) is 0 Å². The smallest absolute Gasteiger partial charge is 0.387 e. The average molecular weight is 335 g/mol. The van der Waals surface area contributed by atoms with Gasteiger partial charge < -0.3 is 15.4 Å². The van der Waals surface area contributed by atoms with Gasteiger partial charge in [-0.2, -0.15) is 8.78 Å². The Kier molecular flexibility index (Phi) is 6.06. The maximum atomic E-state index is 12.1. The Labute approximate surface area is 139 Å². The molecule has 0 fully saturated rings. The van der Waals surface area contributed by atoms with Crippen LogP contribution in [0.25, 0.3) is 0 Å². The van der Waals surface area contributed by atoms with Crippen LogP contribution >= 0.6 is 0 Å². The standard InChI is InChI=1S/C17H19F2N3O2/c1-3-20-16(23)13-6-9-15(21-10-13)22-11(2)12-4-7-14(8-5-12)24-17(18)19/h4-11,17H,3H2,1-2H3,(H,20,23)(H,21,22). The van der Waals surface area contributed by atoms with Crippen molar-refractivity contribution in [1.82, 2.24) is 10.3 Å². The lowest BCUT2D eigenvalue weighted by Crippen LogP contribution is -2.22. The van der Waals surface area contributed by atoms with Crippen LogP contribution in [-0.4, -0.2) is 24.0 Å². The van der Waals surface area contributed by atoms with Crippen LogP contribution in [0.15, 0.2) is 42.6 Å². The number of amides is 1. The van der Waals surface area contributed by atoms with Gasteiger partial charge in [-0.15, -0.1) is 0 Å². The molecular weight excluding hydrogens is 316 g/mol. The van der Waals surface area contributed by atoms with Crippen LogP contribution in [-0.2, 0) is 0 Å². The van der Waals surface area contributed by atoms with Crippen molar-refractivity contribution in [3.05, 3.63) is 53.7 Å². The van der Waals surface area contributed by atoms with Crippen LogP contribution in [0.4, 0.5) is 14.6 Å². The van der Waals surface area contributed by atoms with Gasteiger partial charge in [0.1, 0.15) is 11.6 Å². The lowest BCUT2D eigenvalue weighted by atomic mass is 10.1. The van der Waals surface area contributed by atoms with Gasteiger partial charge in [0.05, 0.1) is 5.56 Å². The Hall–Kier alpha value is -2.70. The van der Waals surface area contributed by atoms with Gasteiger partial charge in [-0.3, -0.25) is 4.79 Å². The zero-order valence-electron chi connectivity index (χ0n) is 13.4. The summed E-state index contributed by atoms with van der Waals surface area (Å²) in [6.07, 6.45) is 1.50. The molecule has 1 atom stereocenters. The molecule has 128 valence electrons. The summed E-state index contributed by atoms with van der Waals surface area (Å²) < 4.78 is 28.6. The van der Waals surface area contributed by atoms with Gasteiger partial charge in [0.2, 0.25) is 0 Å². The van der Waals surface area contributed by atoms with Gasteiger partial charge in [-0.05, 0) is 43.7 Å². The van der Waals surface area contributed by atoms with Crippen molar-refractivity contribution in [3.8, 4) is 5.75 Å². The molecule has 24 heavy (non-hydrogen) atoms. The van der Waals surface area contributed by atoms with Crippen LogP contribution in [0, 0.1) is 0 Å². The van der Waals surface area contributed by atoms with E-state index in [-0.39, 0.29) is 17.7 Å². The first-order valence-corrected chi connectivity index (χ1v) is 7.55. The number of alkyl halides is 2. The molecule has 1 aromatic carbocycles. The molecule has 7 heteroatoms. The molecule has 0 aliphatic heterocycles. The van der Waals surface area contributed by atoms with E-state index in [0.717, 1.165) is 5.56 Å². The summed E-state index contributed by atoms with van der Waals surface area (Å²) >= 11 is 0. The van der Waals surface area contributed by atoms with Crippen molar-refractivity contribution in [3.63, 3.8) is 0 Å². The molecule has 0 saturated carbocycles. The van der Waals surface area contributed by atoms with E-state index in [2.05, 4.69) is 20.4 Å². The zero-order valence-corrected chi connectivity index (χ0v) is 13.4. The first kappa shape index (κ1) is 17.7. The Morgan fingerprint density at radius 2 is 1.92 bits per heavy atom. The predicted octanol–water partition coefficient (Wildman–Crippen LogP) is 3.61. The van der Waals surface area contributed by atoms with E-state index in [1.54, 1.807) is 24.3 Å². The van der Waals surface area contributed by atoms with Gasteiger partial charge in [0.25, 0.3) is 5.91 Å². The van der Waals surface area contributed by atoms with Gasteiger partial charge >= 0.3 is 6.61 Å². The number of hydrogen-bond donors (Lipinski definition) is 2. The second kappa shape index (κ2) is 8.24. The molecule has 0 aliphatic carbocycles. The van der Waals surface area contributed by atoms with Crippen molar-refractivity contribution in [2.45, 2.75) is 26.5 Å². The van der Waals surface area contributed by atoms with Crippen molar-refractivity contribution < 1.29 is 18.3 Å². The minimum Gasteiger partial charge on any atom is -0.435 e. The average Bonchev–Trinajstić information content (AvgIpc) is 2.56. The Bertz CT molecular complexity index is 661. The van der Waals surface area contributed by atoms with Gasteiger partial charge in [0.15, 0.2) is 0 Å². The molecule has 1 aromatic heterocycles. The first-order valence-electron chi connectivity index (χ1n) is 7.55. The SMILES string of the molecule is CCNC(=O)c1ccc(NC(C)c2ccc(OC(F)F)cc2)nc1. The van der Waals surface area contributed by atoms with E-state index < -0.39 is 6.61 Å². The number of nitrogens with one attached hydrogen (secondary N) is 2. The topological polar surface area (TPSA) is 63.2 Å². The van der Waals surface area contributed by atoms with E-state index in [0.29, 0.717) is 17.9 Å². The summed E-state index contributed by atoms with van der Waals surface area (Å²) in [5, 5.41) is 5.89. The molecule has 0 spiro atoms. The second-order valence-corrected chi connectivity index (χ2v) is 5.11. The monoisotopic (exact) mass is 335 g/mol. The predicted molar refractivity (Wildman–Crippen MR) is 87.4 cm³/mol. The molecule has 2 N–H and O–H groups in total. The highest BCUT2D eigenvalue weighted by Gasteiger charge is 2.09. The molecule has 2 aromatic rings. The Morgan fingerprint density at radius 3 is 2.46 bits per heavy atom. The number of benzene rings is 1. The van der Waals surface area contributed by atoms with Gasteiger partial charge in [0, 0.05) is 18.8 Å². The molecule has 0 saturated heterocycles. The molecule has 0 aliphatic rings. The number of rotatable bonds is 7. The van der Waals surface area contributed by atoms with Crippen LogP contribution in [0.1, 0.15) is 35.8 Å². The van der Waals surface area contributed by atoms with E-state index in [9.17, 15) is 13.6 Å². The highest BCUT2D eigenvalue weighted by Crippen LogP contribution is 2.21. The minimum absolute atomic E-state index is 0.0894. The van der Waals surface area contributed by atoms with E-state index in [1.165, 1.54) is 18.3 Å². The summed E-state index contributed by atoms with van der Waals surface area (Å²) in [5.74, 6) is 0.563. The Balaban J connectivity index is 1.98. The third kappa shape index (κ3) is 4.91. The fraction of sp³-hybridized carbons (Fsp3) is 0.294. The number of aromatic nitrogens is 1. The number of halogens is 2. The van der Waals surface area contributed by atoms with Gasteiger partial charge in [-0.25, -0.2) is 4.98 Å². The number of pyridine rings is 1. The van der Waals surface area contributed by atoms with Crippen LogP contribution in [0.3, 0.4) is 0 Å². The van der Waals surface area contributed by atoms with Crippen molar-refractivity contribution in [2.24, 2.45) is 0 Å². The highest BCUT2D eigenvalue weighted by atomic mass is 19.3. The lowest BCUT2D eigenvalue weighted by Gasteiger charge is -2.15. The van der Waals surface area contributed by atoms with E-state index in [4.69, 9.17) is 0 Å². The number of anilines is 1. The minimum atomic E-state index is -2.83. The molecule has 0 radical (unpaired) electrons. The summed E-state index contributed by atoms with van der Waals surface area (Å²) in [6, 6.07) is 9.71. The quantitative estimate of drug-likeness (QED) is 0.811. The van der Waals surface area contributed by atoms with Crippen LogP contribution < -0.4 is 15.4 Å². The molecule has 5 nitrogen and oxygen atoms in total. The van der Waals surface area contributed by atoms with E-state index >= 15 is 0 Å². The summed E-state index contributed by atoms with van der Waals surface area (Å²) in [4.78, 5) is 15.9. The highest BCUT2D eigenvalue weighted by molar-refractivity contribution is 5.93. The maximum Gasteiger partial charge on any atom is 0.387 e. The largest absolute Gasteiger partial charge is 0.435 e. The molecule has 1 unspecified atom stereocenters. The maximum absolute atomic E-state index is 12.1. The molecule has 1 heterocycles. The zero-order chi connectivity index (χ0) is 17.5. The fourth-order valence-electron chi connectivity index (χ4n) is 2.12. The Morgan fingerprint density at radius 1 is 1.21 bits per heavy atom. The van der Waals surface area contributed by atoms with Crippen LogP contribution in [0.5, 0.6) is 5.75 Å². The van der Waals surface area contributed by atoms with E-state index in [1.807, 2.05) is 13.8 Å². The number of nitrogens with zero attached hydrogens (tertiary/aromatic N) is 1. The number of carbonyl (C=O) groups is 1. The molecule has 1 amide bonds. The molecular formula is C17H19F2N3O2. The van der Waals surface area contributed by atoms with Crippen molar-refractivity contribution >= 4 is 11.7 Å².